The van der Waals surface area contributed by atoms with Gasteiger partial charge in [0.1, 0.15) is 18.5 Å². The molecule has 0 spiro atoms. The summed E-state index contributed by atoms with van der Waals surface area (Å²) in [6, 6.07) is 16.2. The van der Waals surface area contributed by atoms with Gasteiger partial charge in [0.15, 0.2) is 0 Å². The molecule has 1 aromatic carbocycles. The smallest absolute Gasteiger partial charge is 0.248 e. The van der Waals surface area contributed by atoms with Crippen LogP contribution in [0.3, 0.4) is 0 Å². The number of aromatic nitrogens is 2. The second-order valence-electron chi connectivity index (χ2n) is 8.09. The van der Waals surface area contributed by atoms with Gasteiger partial charge in [0, 0.05) is 43.0 Å². The molecule has 0 saturated carbocycles. The van der Waals surface area contributed by atoms with Crippen LogP contribution >= 0.6 is 0 Å². The fraction of sp³-hybridized carbons (Fsp3) is 0.333. The highest BCUT2D eigenvalue weighted by Gasteiger charge is 2.41. The van der Waals surface area contributed by atoms with Gasteiger partial charge >= 0.3 is 0 Å². The van der Waals surface area contributed by atoms with E-state index in [0.717, 1.165) is 35.1 Å². The number of ether oxygens (including phenoxy) is 1. The average molecular weight is 413 g/mol. The largest absolute Gasteiger partial charge is 0.367 e. The summed E-state index contributed by atoms with van der Waals surface area (Å²) in [4.78, 5) is 25.9. The number of pyridine rings is 2. The molecule has 0 N–H and O–H groups in total. The summed E-state index contributed by atoms with van der Waals surface area (Å²) < 4.78 is 5.80. The van der Waals surface area contributed by atoms with Gasteiger partial charge in [-0.25, -0.2) is 4.98 Å². The van der Waals surface area contributed by atoms with Crippen LogP contribution in [0.5, 0.6) is 0 Å². The van der Waals surface area contributed by atoms with Crippen molar-refractivity contribution in [1.82, 2.24) is 14.9 Å². The monoisotopic (exact) mass is 413 g/mol. The van der Waals surface area contributed by atoms with E-state index in [0.29, 0.717) is 25.3 Å². The molecule has 2 aromatic heterocycles. The number of fused-ring (bicyclic) bond motifs is 3. The van der Waals surface area contributed by atoms with Crippen LogP contribution < -0.4 is 4.90 Å². The van der Waals surface area contributed by atoms with Gasteiger partial charge in [-0.1, -0.05) is 18.2 Å². The molecule has 156 valence electrons. The first-order valence-electron chi connectivity index (χ1n) is 10.6. The highest BCUT2D eigenvalue weighted by molar-refractivity contribution is 5.82. The van der Waals surface area contributed by atoms with Crippen LogP contribution in [-0.4, -0.2) is 52.6 Å². The van der Waals surface area contributed by atoms with E-state index in [2.05, 4.69) is 20.9 Å². The minimum absolute atomic E-state index is 0.0303. The minimum atomic E-state index is 0.0303. The Morgan fingerprint density at radius 3 is 2.68 bits per heavy atom. The summed E-state index contributed by atoms with van der Waals surface area (Å²) in [5.41, 5.74) is 2.53. The van der Waals surface area contributed by atoms with Crippen molar-refractivity contribution in [3.8, 4) is 6.07 Å². The molecule has 0 aliphatic carbocycles. The Bertz CT molecular complexity index is 1120. The van der Waals surface area contributed by atoms with Crippen molar-refractivity contribution >= 4 is 22.6 Å². The summed E-state index contributed by atoms with van der Waals surface area (Å²) in [5.74, 6) is 0.919. The van der Waals surface area contributed by atoms with Crippen LogP contribution in [0.2, 0.25) is 0 Å². The number of likely N-dealkylation sites (tertiary alicyclic amines) is 1. The van der Waals surface area contributed by atoms with E-state index < -0.39 is 0 Å². The Balaban J connectivity index is 1.19. The van der Waals surface area contributed by atoms with Gasteiger partial charge in [0.05, 0.1) is 17.7 Å². The number of amides is 1. The number of rotatable bonds is 5. The highest BCUT2D eigenvalue weighted by Crippen LogP contribution is 2.34. The molecule has 5 rings (SSSR count). The third-order valence-electron chi connectivity index (χ3n) is 6.20. The molecule has 2 fully saturated rings. The molecular weight excluding hydrogens is 390 g/mol. The zero-order chi connectivity index (χ0) is 21.2. The summed E-state index contributed by atoms with van der Waals surface area (Å²) in [5, 5.41) is 10.0. The van der Waals surface area contributed by atoms with Gasteiger partial charge in [0.25, 0.3) is 0 Å². The summed E-state index contributed by atoms with van der Waals surface area (Å²) in [6.07, 6.45) is 5.47. The fourth-order valence-electron chi connectivity index (χ4n) is 4.72. The molecule has 4 heterocycles. The average Bonchev–Trinajstić information content (AvgIpc) is 3.08. The summed E-state index contributed by atoms with van der Waals surface area (Å²) >= 11 is 0. The first-order chi connectivity index (χ1) is 15.2. The van der Waals surface area contributed by atoms with Crippen molar-refractivity contribution in [3.05, 3.63) is 66.0 Å². The topological polar surface area (TPSA) is 82.4 Å². The number of nitrogens with zero attached hydrogens (tertiary/aromatic N) is 5. The Labute approximate surface area is 180 Å². The molecule has 7 nitrogen and oxygen atoms in total. The maximum Gasteiger partial charge on any atom is 0.248 e. The molecule has 2 saturated heterocycles. The van der Waals surface area contributed by atoms with E-state index in [1.54, 1.807) is 18.5 Å². The maximum absolute atomic E-state index is 12.8. The van der Waals surface area contributed by atoms with Crippen LogP contribution in [0.4, 0.5) is 5.82 Å². The molecular formula is C24H23N5O2. The molecule has 31 heavy (non-hydrogen) atoms. The molecule has 2 aliphatic heterocycles. The summed E-state index contributed by atoms with van der Waals surface area (Å²) in [7, 11) is 0. The van der Waals surface area contributed by atoms with Gasteiger partial charge in [0.2, 0.25) is 5.91 Å². The SMILES string of the molecule is N#Cc1ccc(N2C3CCC2CN(C(=O)COCc2cccc4ncccc24)C3)nc1. The fourth-order valence-corrected chi connectivity index (χ4v) is 4.72. The molecule has 2 bridgehead atoms. The molecule has 0 radical (unpaired) electrons. The number of hydrogen-bond donors (Lipinski definition) is 0. The van der Waals surface area contributed by atoms with Crippen LogP contribution in [0.15, 0.2) is 54.9 Å². The van der Waals surface area contributed by atoms with Crippen LogP contribution in [-0.2, 0) is 16.1 Å². The molecule has 2 unspecified atom stereocenters. The molecule has 2 aliphatic rings. The zero-order valence-corrected chi connectivity index (χ0v) is 17.1. The van der Waals surface area contributed by atoms with Gasteiger partial charge < -0.3 is 14.5 Å². The van der Waals surface area contributed by atoms with Crippen molar-refractivity contribution in [2.24, 2.45) is 0 Å². The number of benzene rings is 1. The number of piperazine rings is 1. The van der Waals surface area contributed by atoms with E-state index in [4.69, 9.17) is 10.00 Å². The quantitative estimate of drug-likeness (QED) is 0.640. The third-order valence-corrected chi connectivity index (χ3v) is 6.20. The number of carbonyl (C=O) groups is 1. The predicted molar refractivity (Wildman–Crippen MR) is 116 cm³/mol. The standard InChI is InChI=1S/C24H23N5O2/c25-11-17-6-9-23(27-12-17)29-19-7-8-20(29)14-28(13-19)24(30)16-31-15-18-3-1-5-22-21(18)4-2-10-26-22/h1-6,9-10,12,19-20H,7-8,13-16H2. The van der Waals surface area contributed by atoms with E-state index in [1.807, 2.05) is 41.3 Å². The predicted octanol–water partition coefficient (Wildman–Crippen LogP) is 2.90. The Kier molecular flexibility index (Phi) is 5.23. The highest BCUT2D eigenvalue weighted by atomic mass is 16.5. The molecule has 2 atom stereocenters. The molecule has 7 heteroatoms. The Morgan fingerprint density at radius 1 is 1.10 bits per heavy atom. The Morgan fingerprint density at radius 2 is 1.94 bits per heavy atom. The number of carbonyl (C=O) groups excluding carboxylic acids is 1. The Hall–Kier alpha value is -3.50. The van der Waals surface area contributed by atoms with Crippen LogP contribution in [0.25, 0.3) is 10.9 Å². The molecule has 1 amide bonds. The van der Waals surface area contributed by atoms with E-state index in [1.165, 1.54) is 0 Å². The lowest BCUT2D eigenvalue weighted by Crippen LogP contribution is -2.56. The van der Waals surface area contributed by atoms with Crippen molar-refractivity contribution in [2.45, 2.75) is 31.5 Å². The van der Waals surface area contributed by atoms with Gasteiger partial charge in [-0.2, -0.15) is 5.26 Å². The summed E-state index contributed by atoms with van der Waals surface area (Å²) in [6.45, 7) is 1.82. The van der Waals surface area contributed by atoms with Crippen molar-refractivity contribution in [3.63, 3.8) is 0 Å². The number of hydrogen-bond acceptors (Lipinski definition) is 6. The van der Waals surface area contributed by atoms with Crippen molar-refractivity contribution < 1.29 is 9.53 Å². The molecule has 3 aromatic rings. The van der Waals surface area contributed by atoms with Gasteiger partial charge in [-0.15, -0.1) is 0 Å². The van der Waals surface area contributed by atoms with E-state index in [9.17, 15) is 4.79 Å². The zero-order valence-electron chi connectivity index (χ0n) is 17.1. The lowest BCUT2D eigenvalue weighted by atomic mass is 10.1. The lowest BCUT2D eigenvalue weighted by molar-refractivity contribution is -0.137. The maximum atomic E-state index is 12.8. The second kappa shape index (κ2) is 8.32. The van der Waals surface area contributed by atoms with E-state index >= 15 is 0 Å². The second-order valence-corrected chi connectivity index (χ2v) is 8.09. The van der Waals surface area contributed by atoms with Crippen LogP contribution in [0.1, 0.15) is 24.0 Å². The normalized spacial score (nSPS) is 20.1. The minimum Gasteiger partial charge on any atom is -0.367 e. The van der Waals surface area contributed by atoms with Gasteiger partial charge in [-0.3, -0.25) is 9.78 Å². The number of anilines is 1. The lowest BCUT2D eigenvalue weighted by Gasteiger charge is -2.41. The first-order valence-corrected chi connectivity index (χ1v) is 10.6. The van der Waals surface area contributed by atoms with Crippen molar-refractivity contribution in [2.75, 3.05) is 24.6 Å². The van der Waals surface area contributed by atoms with Gasteiger partial charge in [-0.05, 0) is 42.7 Å². The number of nitriles is 1. The van der Waals surface area contributed by atoms with Crippen molar-refractivity contribution in [1.29, 1.82) is 5.26 Å². The van der Waals surface area contributed by atoms with Crippen LogP contribution in [0, 0.1) is 11.3 Å². The van der Waals surface area contributed by atoms with E-state index in [-0.39, 0.29) is 24.6 Å². The third kappa shape index (κ3) is 3.82. The first kappa shape index (κ1) is 19.5.